The third-order valence-electron chi connectivity index (χ3n) is 2.57. The molecule has 6 nitrogen and oxygen atoms in total. The molecule has 1 aromatic rings. The van der Waals surface area contributed by atoms with E-state index in [9.17, 15) is 5.11 Å². The second-order valence-electron chi connectivity index (χ2n) is 4.23. The average molecular weight is 239 g/mol. The first-order chi connectivity index (χ1) is 8.10. The van der Waals surface area contributed by atoms with Crippen LogP contribution in [-0.2, 0) is 6.42 Å². The van der Waals surface area contributed by atoms with Crippen LogP contribution in [-0.4, -0.2) is 27.7 Å². The molecule has 5 N–H and O–H groups in total. The van der Waals surface area contributed by atoms with Gasteiger partial charge in [-0.15, -0.1) is 0 Å². The van der Waals surface area contributed by atoms with Crippen LogP contribution >= 0.6 is 0 Å². The van der Waals surface area contributed by atoms with E-state index >= 15 is 0 Å². The Morgan fingerprint density at radius 3 is 2.47 bits per heavy atom. The quantitative estimate of drug-likeness (QED) is 0.432. The minimum atomic E-state index is -0.0276. The number of nitrogens with two attached hydrogens (primary N) is 1. The van der Waals surface area contributed by atoms with Crippen LogP contribution < -0.4 is 16.6 Å². The molecule has 17 heavy (non-hydrogen) atoms. The van der Waals surface area contributed by atoms with E-state index in [1.807, 2.05) is 20.8 Å². The van der Waals surface area contributed by atoms with Crippen LogP contribution in [0.5, 0.6) is 0 Å². The molecule has 0 aromatic carbocycles. The zero-order chi connectivity index (χ0) is 12.8. The summed E-state index contributed by atoms with van der Waals surface area (Å²) in [6, 6.07) is 1.70. The Bertz CT molecular complexity index is 333. The molecular weight excluding hydrogens is 218 g/mol. The number of hydrogen-bond donors (Lipinski definition) is 4. The molecule has 0 saturated heterocycles. The zero-order valence-electron chi connectivity index (χ0n) is 10.6. The maximum absolute atomic E-state index is 9.26. The van der Waals surface area contributed by atoms with Crippen LogP contribution in [0.15, 0.2) is 6.07 Å². The largest absolute Gasteiger partial charge is 0.394 e. The molecule has 0 aliphatic carbocycles. The predicted octanol–water partition coefficient (Wildman–Crippen LogP) is 0.753. The lowest BCUT2D eigenvalue weighted by molar-refractivity contribution is 0.249. The van der Waals surface area contributed by atoms with Crippen LogP contribution in [0.2, 0.25) is 0 Å². The van der Waals surface area contributed by atoms with Crippen molar-refractivity contribution in [1.29, 1.82) is 0 Å². The fraction of sp³-hybridized carbons (Fsp3) is 0.636. The Labute approximate surface area is 102 Å². The minimum absolute atomic E-state index is 0.0276. The van der Waals surface area contributed by atoms with Gasteiger partial charge in [0.1, 0.15) is 17.5 Å². The molecule has 0 spiro atoms. The molecule has 0 amide bonds. The molecule has 0 saturated carbocycles. The number of nitrogen functional groups attached to an aromatic ring is 1. The smallest absolute Gasteiger partial charge is 0.145 e. The van der Waals surface area contributed by atoms with E-state index in [1.54, 1.807) is 6.07 Å². The third kappa shape index (κ3) is 3.83. The van der Waals surface area contributed by atoms with Gasteiger partial charge in [0.05, 0.1) is 12.6 Å². The number of aromatic nitrogens is 2. The number of aliphatic hydroxyl groups excluding tert-OH is 1. The second kappa shape index (κ2) is 6.36. The monoisotopic (exact) mass is 239 g/mol. The van der Waals surface area contributed by atoms with E-state index < -0.39 is 0 Å². The number of aryl methyl sites for hydroxylation is 1. The Balaban J connectivity index is 2.89. The van der Waals surface area contributed by atoms with Gasteiger partial charge in [0.15, 0.2) is 0 Å². The predicted molar refractivity (Wildman–Crippen MR) is 68.6 cm³/mol. The van der Waals surface area contributed by atoms with Crippen molar-refractivity contribution in [2.45, 2.75) is 33.2 Å². The number of rotatable bonds is 6. The Morgan fingerprint density at radius 2 is 2.00 bits per heavy atom. The second-order valence-corrected chi connectivity index (χ2v) is 4.23. The van der Waals surface area contributed by atoms with Gasteiger partial charge in [-0.3, -0.25) is 0 Å². The van der Waals surface area contributed by atoms with Crippen molar-refractivity contribution in [1.82, 2.24) is 9.97 Å². The first-order valence-corrected chi connectivity index (χ1v) is 5.82. The highest BCUT2D eigenvalue weighted by Gasteiger charge is 2.13. The van der Waals surface area contributed by atoms with Gasteiger partial charge in [-0.1, -0.05) is 20.8 Å². The van der Waals surface area contributed by atoms with Gasteiger partial charge in [-0.05, 0) is 5.92 Å². The molecule has 0 radical (unpaired) electrons. The molecule has 0 fully saturated rings. The van der Waals surface area contributed by atoms with Crippen molar-refractivity contribution in [3.8, 4) is 0 Å². The summed E-state index contributed by atoms with van der Waals surface area (Å²) in [5.41, 5.74) is 2.51. The zero-order valence-corrected chi connectivity index (χ0v) is 10.6. The highest BCUT2D eigenvalue weighted by Crippen LogP contribution is 2.14. The van der Waals surface area contributed by atoms with Gasteiger partial charge in [0.25, 0.3) is 0 Å². The van der Waals surface area contributed by atoms with Crippen molar-refractivity contribution in [3.05, 3.63) is 11.9 Å². The Kier molecular flexibility index (Phi) is 5.11. The van der Waals surface area contributed by atoms with Gasteiger partial charge < -0.3 is 15.8 Å². The van der Waals surface area contributed by atoms with Crippen LogP contribution in [0, 0.1) is 5.92 Å². The lowest BCUT2D eigenvalue weighted by atomic mass is 10.1. The highest BCUT2D eigenvalue weighted by molar-refractivity contribution is 5.47. The molecule has 1 rings (SSSR count). The number of hydrogen-bond acceptors (Lipinski definition) is 6. The van der Waals surface area contributed by atoms with Gasteiger partial charge in [-0.25, -0.2) is 15.8 Å². The van der Waals surface area contributed by atoms with Crippen molar-refractivity contribution in [2.24, 2.45) is 11.8 Å². The number of aliphatic hydroxyl groups is 1. The molecule has 6 heteroatoms. The summed E-state index contributed by atoms with van der Waals surface area (Å²) in [6.45, 7) is 6.12. The molecule has 0 aliphatic rings. The average Bonchev–Trinajstić information content (AvgIpc) is 2.34. The summed E-state index contributed by atoms with van der Waals surface area (Å²) < 4.78 is 0. The third-order valence-corrected chi connectivity index (χ3v) is 2.57. The van der Waals surface area contributed by atoms with Gasteiger partial charge in [-0.2, -0.15) is 0 Å². The lowest BCUT2D eigenvalue weighted by Crippen LogP contribution is -2.30. The first-order valence-electron chi connectivity index (χ1n) is 5.82. The van der Waals surface area contributed by atoms with E-state index in [4.69, 9.17) is 5.84 Å². The molecule has 0 unspecified atom stereocenters. The SMILES string of the molecule is CCc1nc(NN)cc(N[C@H](CO)C(C)C)n1. The van der Waals surface area contributed by atoms with Gasteiger partial charge in [0.2, 0.25) is 0 Å². The van der Waals surface area contributed by atoms with Crippen molar-refractivity contribution < 1.29 is 5.11 Å². The van der Waals surface area contributed by atoms with E-state index in [1.165, 1.54) is 0 Å². The molecular formula is C11H21N5O. The van der Waals surface area contributed by atoms with Crippen molar-refractivity contribution in [3.63, 3.8) is 0 Å². The Hall–Kier alpha value is -1.40. The first kappa shape index (κ1) is 13.7. The minimum Gasteiger partial charge on any atom is -0.394 e. The maximum atomic E-state index is 9.26. The van der Waals surface area contributed by atoms with Crippen LogP contribution in [0.3, 0.4) is 0 Å². The fourth-order valence-corrected chi connectivity index (χ4v) is 1.42. The molecule has 1 atom stereocenters. The number of hydrazine groups is 1. The maximum Gasteiger partial charge on any atom is 0.145 e. The summed E-state index contributed by atoms with van der Waals surface area (Å²) in [4.78, 5) is 8.54. The molecule has 0 bridgehead atoms. The Morgan fingerprint density at radius 1 is 1.35 bits per heavy atom. The van der Waals surface area contributed by atoms with Crippen LogP contribution in [0.1, 0.15) is 26.6 Å². The summed E-state index contributed by atoms with van der Waals surface area (Å²) in [5.74, 6) is 7.62. The lowest BCUT2D eigenvalue weighted by Gasteiger charge is -2.21. The van der Waals surface area contributed by atoms with Crippen LogP contribution in [0.25, 0.3) is 0 Å². The summed E-state index contributed by atoms with van der Waals surface area (Å²) >= 11 is 0. The molecule has 0 aliphatic heterocycles. The molecule has 1 heterocycles. The van der Waals surface area contributed by atoms with Crippen molar-refractivity contribution >= 4 is 11.6 Å². The van der Waals surface area contributed by atoms with Gasteiger partial charge >= 0.3 is 0 Å². The molecule has 96 valence electrons. The number of nitrogens with one attached hydrogen (secondary N) is 2. The van der Waals surface area contributed by atoms with Crippen LogP contribution in [0.4, 0.5) is 11.6 Å². The van der Waals surface area contributed by atoms with Gasteiger partial charge in [0, 0.05) is 12.5 Å². The van der Waals surface area contributed by atoms with E-state index in [0.717, 1.165) is 6.42 Å². The molecule has 1 aromatic heterocycles. The number of nitrogens with zero attached hydrogens (tertiary/aromatic N) is 2. The van der Waals surface area contributed by atoms with E-state index in [0.29, 0.717) is 23.4 Å². The van der Waals surface area contributed by atoms with E-state index in [-0.39, 0.29) is 12.6 Å². The fourth-order valence-electron chi connectivity index (χ4n) is 1.42. The van der Waals surface area contributed by atoms with Crippen molar-refractivity contribution in [2.75, 3.05) is 17.3 Å². The summed E-state index contributed by atoms with van der Waals surface area (Å²) in [7, 11) is 0. The number of anilines is 2. The van der Waals surface area contributed by atoms with E-state index in [2.05, 4.69) is 20.7 Å². The standard InChI is InChI=1S/C11H21N5O/c1-4-9-14-10(5-11(15-9)16-12)13-8(6-17)7(2)3/h5,7-8,17H,4,6,12H2,1-3H3,(H2,13,14,15,16)/t8-/m1/s1. The summed E-state index contributed by atoms with van der Waals surface area (Å²) in [6.07, 6.45) is 0.732. The normalized spacial score (nSPS) is 12.6. The topological polar surface area (TPSA) is 96.1 Å². The highest BCUT2D eigenvalue weighted by atomic mass is 16.3. The summed E-state index contributed by atoms with van der Waals surface area (Å²) in [5, 5.41) is 12.4.